The van der Waals surface area contributed by atoms with Crippen molar-refractivity contribution in [2.24, 2.45) is 11.7 Å². The number of amides is 2. The number of rotatable bonds is 8. The van der Waals surface area contributed by atoms with Crippen LogP contribution in [0.15, 0.2) is 48.7 Å². The minimum Gasteiger partial charge on any atom is -0.457 e. The maximum Gasteiger partial charge on any atom is 0.256 e. The summed E-state index contributed by atoms with van der Waals surface area (Å²) in [6.07, 6.45) is 4.24. The smallest absolute Gasteiger partial charge is 0.256 e. The lowest BCUT2D eigenvalue weighted by Gasteiger charge is -2.18. The normalized spacial score (nSPS) is 14.3. The highest BCUT2D eigenvalue weighted by molar-refractivity contribution is 6.04. The number of carbonyl (C=O) groups excluding carboxylic acids is 2. The van der Waals surface area contributed by atoms with Gasteiger partial charge in [0.05, 0.1) is 0 Å². The summed E-state index contributed by atoms with van der Waals surface area (Å²) in [4.78, 5) is 31.8. The number of fused-ring (bicyclic) bond motifs is 1. The Morgan fingerprint density at radius 2 is 1.94 bits per heavy atom. The monoisotopic (exact) mass is 486 g/mol. The summed E-state index contributed by atoms with van der Waals surface area (Å²) < 4.78 is 6.33. The average Bonchev–Trinajstić information content (AvgIpc) is 3.29. The maximum atomic E-state index is 13.1. The molecule has 3 aromatic rings. The van der Waals surface area contributed by atoms with E-state index >= 15 is 0 Å². The molecule has 7 heteroatoms. The second-order valence-corrected chi connectivity index (χ2v) is 9.60. The van der Waals surface area contributed by atoms with E-state index in [9.17, 15) is 9.59 Å². The van der Waals surface area contributed by atoms with Crippen LogP contribution in [0.2, 0.25) is 0 Å². The lowest BCUT2D eigenvalue weighted by Crippen LogP contribution is -2.27. The molecule has 36 heavy (non-hydrogen) atoms. The fourth-order valence-corrected chi connectivity index (χ4v) is 4.62. The summed E-state index contributed by atoms with van der Waals surface area (Å²) in [7, 11) is 1.82. The topological polar surface area (TPSA) is 97.5 Å². The molecule has 2 aromatic carbocycles. The van der Waals surface area contributed by atoms with Crippen LogP contribution in [0.25, 0.3) is 0 Å². The quantitative estimate of drug-likeness (QED) is 0.472. The number of pyridine rings is 1. The first-order valence-corrected chi connectivity index (χ1v) is 12.4. The molecule has 2 amide bonds. The van der Waals surface area contributed by atoms with Crippen molar-refractivity contribution in [2.45, 2.75) is 40.0 Å². The van der Waals surface area contributed by atoms with Crippen LogP contribution in [0.5, 0.6) is 11.5 Å². The SMILES string of the molecule is CCCN(C)C(=O)c1ccc(Oc2cc(C(=O)Nc3ccc(C)cn3)cc3c2CC(CN)C3)cc1C. The first-order valence-electron chi connectivity index (χ1n) is 12.4. The number of anilines is 1. The number of benzene rings is 2. The molecule has 0 fully saturated rings. The van der Waals surface area contributed by atoms with Gasteiger partial charge in [0.15, 0.2) is 0 Å². The van der Waals surface area contributed by atoms with Crippen LogP contribution in [0, 0.1) is 19.8 Å². The van der Waals surface area contributed by atoms with E-state index in [0.717, 1.165) is 41.5 Å². The zero-order valence-corrected chi connectivity index (χ0v) is 21.4. The van der Waals surface area contributed by atoms with Gasteiger partial charge in [-0.2, -0.15) is 0 Å². The summed E-state index contributed by atoms with van der Waals surface area (Å²) in [5, 5.41) is 2.87. The van der Waals surface area contributed by atoms with Gasteiger partial charge in [-0.05, 0) is 104 Å². The number of carbonyl (C=O) groups is 2. The third-order valence-electron chi connectivity index (χ3n) is 6.61. The molecular formula is C29H34N4O3. The van der Waals surface area contributed by atoms with Gasteiger partial charge in [0.1, 0.15) is 17.3 Å². The highest BCUT2D eigenvalue weighted by atomic mass is 16.5. The number of aromatic nitrogens is 1. The Morgan fingerprint density at radius 3 is 2.61 bits per heavy atom. The molecule has 3 N–H and O–H groups in total. The average molecular weight is 487 g/mol. The second kappa shape index (κ2) is 10.9. The van der Waals surface area contributed by atoms with Crippen LogP contribution in [0.1, 0.15) is 56.3 Å². The molecule has 7 nitrogen and oxygen atoms in total. The van der Waals surface area contributed by atoms with Crippen LogP contribution < -0.4 is 15.8 Å². The third-order valence-corrected chi connectivity index (χ3v) is 6.61. The van der Waals surface area contributed by atoms with Gasteiger partial charge in [-0.3, -0.25) is 9.59 Å². The molecule has 0 spiro atoms. The van der Waals surface area contributed by atoms with Crippen LogP contribution in [0.4, 0.5) is 5.82 Å². The number of nitrogens with zero attached hydrogens (tertiary/aromatic N) is 2. The van der Waals surface area contributed by atoms with Crippen LogP contribution >= 0.6 is 0 Å². The predicted molar refractivity (Wildman–Crippen MR) is 142 cm³/mol. The summed E-state index contributed by atoms with van der Waals surface area (Å²) in [5.74, 6) is 1.83. The molecule has 1 aliphatic rings. The molecule has 0 bridgehead atoms. The van der Waals surface area contributed by atoms with Gasteiger partial charge < -0.3 is 20.7 Å². The van der Waals surface area contributed by atoms with E-state index in [0.29, 0.717) is 47.5 Å². The van der Waals surface area contributed by atoms with E-state index in [2.05, 4.69) is 10.3 Å². The highest BCUT2D eigenvalue weighted by Crippen LogP contribution is 2.37. The molecule has 1 unspecified atom stereocenters. The number of nitrogens with one attached hydrogen (secondary N) is 1. The van der Waals surface area contributed by atoms with E-state index in [1.54, 1.807) is 23.2 Å². The fraction of sp³-hybridized carbons (Fsp3) is 0.345. The van der Waals surface area contributed by atoms with Gasteiger partial charge in [-0.15, -0.1) is 0 Å². The summed E-state index contributed by atoms with van der Waals surface area (Å²) in [6.45, 7) is 7.19. The Kier molecular flexibility index (Phi) is 7.70. The summed E-state index contributed by atoms with van der Waals surface area (Å²) in [6, 6.07) is 12.9. The molecule has 0 aliphatic heterocycles. The highest BCUT2D eigenvalue weighted by Gasteiger charge is 2.26. The van der Waals surface area contributed by atoms with Crippen LogP contribution in [0.3, 0.4) is 0 Å². The molecule has 188 valence electrons. The van der Waals surface area contributed by atoms with E-state index in [1.165, 1.54) is 0 Å². The van der Waals surface area contributed by atoms with Crippen molar-refractivity contribution in [3.8, 4) is 11.5 Å². The van der Waals surface area contributed by atoms with Crippen molar-refractivity contribution in [3.05, 3.63) is 82.0 Å². The standard InChI is InChI=1S/C29H34N4O3/c1-5-10-33(4)29(35)24-8-7-23(11-19(24)3)36-26-15-22(14-21-12-20(16-30)13-25(21)26)28(34)32-27-9-6-18(2)17-31-27/h6-9,11,14-15,17,20H,5,10,12-13,16,30H2,1-4H3,(H,31,32,34). The second-order valence-electron chi connectivity index (χ2n) is 9.60. The zero-order chi connectivity index (χ0) is 25.8. The number of ether oxygens (including phenoxy) is 1. The van der Waals surface area contributed by atoms with Crippen LogP contribution in [-0.4, -0.2) is 41.8 Å². The summed E-state index contributed by atoms with van der Waals surface area (Å²) >= 11 is 0. The van der Waals surface area contributed by atoms with Gasteiger partial charge in [0, 0.05) is 30.9 Å². The number of aryl methyl sites for hydroxylation is 2. The molecule has 1 atom stereocenters. The molecule has 4 rings (SSSR count). The Morgan fingerprint density at radius 1 is 1.14 bits per heavy atom. The van der Waals surface area contributed by atoms with Crippen molar-refractivity contribution >= 4 is 17.6 Å². The van der Waals surface area contributed by atoms with Gasteiger partial charge in [-0.1, -0.05) is 13.0 Å². The number of nitrogens with two attached hydrogens (primary N) is 1. The molecular weight excluding hydrogens is 452 g/mol. The minimum absolute atomic E-state index is 0.00374. The molecule has 1 aliphatic carbocycles. The minimum atomic E-state index is -0.244. The van der Waals surface area contributed by atoms with Crippen molar-refractivity contribution < 1.29 is 14.3 Å². The Bertz CT molecular complexity index is 1270. The number of hydrogen-bond donors (Lipinski definition) is 2. The largest absolute Gasteiger partial charge is 0.457 e. The van der Waals surface area contributed by atoms with Gasteiger partial charge >= 0.3 is 0 Å². The molecule has 1 heterocycles. The Balaban J connectivity index is 1.61. The van der Waals surface area contributed by atoms with Crippen LogP contribution in [-0.2, 0) is 12.8 Å². The Labute approximate surface area is 212 Å². The third kappa shape index (κ3) is 5.57. The molecule has 0 radical (unpaired) electrons. The Hall–Kier alpha value is -3.71. The summed E-state index contributed by atoms with van der Waals surface area (Å²) in [5.41, 5.74) is 11.2. The van der Waals surface area contributed by atoms with Crippen molar-refractivity contribution in [3.63, 3.8) is 0 Å². The molecule has 0 saturated heterocycles. The van der Waals surface area contributed by atoms with Crippen molar-refractivity contribution in [1.82, 2.24) is 9.88 Å². The maximum absolute atomic E-state index is 13.1. The van der Waals surface area contributed by atoms with Gasteiger partial charge in [0.2, 0.25) is 0 Å². The van der Waals surface area contributed by atoms with Crippen molar-refractivity contribution in [2.75, 3.05) is 25.5 Å². The van der Waals surface area contributed by atoms with Gasteiger partial charge in [0.25, 0.3) is 11.8 Å². The first-order chi connectivity index (χ1) is 17.3. The van der Waals surface area contributed by atoms with E-state index in [4.69, 9.17) is 10.5 Å². The molecule has 0 saturated carbocycles. The molecule has 1 aromatic heterocycles. The lowest BCUT2D eigenvalue weighted by atomic mass is 10.0. The van der Waals surface area contributed by atoms with E-state index in [1.807, 2.05) is 58.2 Å². The first kappa shape index (κ1) is 25.4. The predicted octanol–water partition coefficient (Wildman–Crippen LogP) is 4.90. The fourth-order valence-electron chi connectivity index (χ4n) is 4.62. The number of hydrogen-bond acceptors (Lipinski definition) is 5. The van der Waals surface area contributed by atoms with E-state index < -0.39 is 0 Å². The van der Waals surface area contributed by atoms with Crippen molar-refractivity contribution in [1.29, 1.82) is 0 Å². The lowest BCUT2D eigenvalue weighted by molar-refractivity contribution is 0.0794. The zero-order valence-electron chi connectivity index (χ0n) is 21.4. The van der Waals surface area contributed by atoms with Gasteiger partial charge in [-0.25, -0.2) is 4.98 Å². The van der Waals surface area contributed by atoms with E-state index in [-0.39, 0.29) is 11.8 Å².